The van der Waals surface area contributed by atoms with Crippen LogP contribution in [-0.2, 0) is 0 Å². The highest BCUT2D eigenvalue weighted by molar-refractivity contribution is 6.33. The molecule has 0 aliphatic carbocycles. The molecule has 2 amide bonds. The van der Waals surface area contributed by atoms with E-state index in [0.717, 1.165) is 0 Å². The Bertz CT molecular complexity index is 714. The monoisotopic (exact) mass is 331 g/mol. The molecule has 0 saturated carbocycles. The number of aromatic nitrogens is 1. The van der Waals surface area contributed by atoms with Crippen LogP contribution in [0.3, 0.4) is 0 Å². The van der Waals surface area contributed by atoms with Gasteiger partial charge in [0.05, 0.1) is 21.8 Å². The molecule has 0 atom stereocenters. The number of hydrogen-bond acceptors (Lipinski definition) is 3. The summed E-state index contributed by atoms with van der Waals surface area (Å²) in [4.78, 5) is 30.3. The van der Waals surface area contributed by atoms with Crippen LogP contribution in [0.25, 0.3) is 0 Å². The number of rotatable bonds is 5. The van der Waals surface area contributed by atoms with Gasteiger partial charge < -0.3 is 10.2 Å². The molecular formula is C17H18ClN3O2. The molecule has 0 aliphatic rings. The summed E-state index contributed by atoms with van der Waals surface area (Å²) in [6.45, 7) is 5.02. The average molecular weight is 332 g/mol. The molecule has 2 aromatic rings. The maximum Gasteiger partial charge on any atom is 0.257 e. The molecule has 1 heterocycles. The summed E-state index contributed by atoms with van der Waals surface area (Å²) >= 11 is 6.03. The summed E-state index contributed by atoms with van der Waals surface area (Å²) in [5.41, 5.74) is 1.21. The van der Waals surface area contributed by atoms with Crippen LogP contribution in [0, 0.1) is 0 Å². The SMILES string of the molecule is CCN(CC)C(=O)c1cncc(C(=O)Nc2ccccc2Cl)c1. The molecule has 23 heavy (non-hydrogen) atoms. The zero-order chi connectivity index (χ0) is 16.8. The van der Waals surface area contributed by atoms with Crippen molar-refractivity contribution in [3.63, 3.8) is 0 Å². The van der Waals surface area contributed by atoms with E-state index >= 15 is 0 Å². The number of benzene rings is 1. The quantitative estimate of drug-likeness (QED) is 0.912. The molecule has 2 rings (SSSR count). The summed E-state index contributed by atoms with van der Waals surface area (Å²) in [6.07, 6.45) is 2.89. The predicted molar refractivity (Wildman–Crippen MR) is 90.9 cm³/mol. The Morgan fingerprint density at radius 2 is 1.78 bits per heavy atom. The van der Waals surface area contributed by atoms with Gasteiger partial charge in [-0.1, -0.05) is 23.7 Å². The number of carbonyl (C=O) groups excluding carboxylic acids is 2. The Labute approximate surface area is 140 Å². The normalized spacial score (nSPS) is 10.2. The first-order chi connectivity index (χ1) is 11.1. The largest absolute Gasteiger partial charge is 0.339 e. The lowest BCUT2D eigenvalue weighted by molar-refractivity contribution is 0.0772. The fourth-order valence-corrected chi connectivity index (χ4v) is 2.31. The van der Waals surface area contributed by atoms with Crippen molar-refractivity contribution in [3.8, 4) is 0 Å². The molecular weight excluding hydrogens is 314 g/mol. The van der Waals surface area contributed by atoms with Crippen LogP contribution in [0.2, 0.25) is 5.02 Å². The van der Waals surface area contributed by atoms with Gasteiger partial charge in [-0.15, -0.1) is 0 Å². The predicted octanol–water partition coefficient (Wildman–Crippen LogP) is 3.47. The van der Waals surface area contributed by atoms with Gasteiger partial charge in [-0.25, -0.2) is 0 Å². The molecule has 0 bridgehead atoms. The molecule has 1 aromatic carbocycles. The van der Waals surface area contributed by atoms with Crippen LogP contribution < -0.4 is 5.32 Å². The number of carbonyl (C=O) groups is 2. The Morgan fingerprint density at radius 1 is 1.13 bits per heavy atom. The maximum atomic E-state index is 12.3. The van der Waals surface area contributed by atoms with Crippen molar-refractivity contribution in [2.24, 2.45) is 0 Å². The second kappa shape index (κ2) is 7.74. The van der Waals surface area contributed by atoms with Crippen LogP contribution in [0.5, 0.6) is 0 Å². The Morgan fingerprint density at radius 3 is 2.43 bits per heavy atom. The van der Waals surface area contributed by atoms with E-state index in [-0.39, 0.29) is 11.8 Å². The summed E-state index contributed by atoms with van der Waals surface area (Å²) in [7, 11) is 0. The Hall–Kier alpha value is -2.40. The van der Waals surface area contributed by atoms with Crippen molar-refractivity contribution in [2.75, 3.05) is 18.4 Å². The third-order valence-electron chi connectivity index (χ3n) is 3.42. The number of pyridine rings is 1. The van der Waals surface area contributed by atoms with Crippen LogP contribution >= 0.6 is 11.6 Å². The van der Waals surface area contributed by atoms with Gasteiger partial charge in [0, 0.05) is 25.5 Å². The molecule has 6 heteroatoms. The molecule has 0 spiro atoms. The molecule has 120 valence electrons. The van der Waals surface area contributed by atoms with Crippen molar-refractivity contribution in [1.29, 1.82) is 0 Å². The molecule has 1 aromatic heterocycles. The zero-order valence-electron chi connectivity index (χ0n) is 13.0. The molecule has 0 saturated heterocycles. The molecule has 0 unspecified atom stereocenters. The fraction of sp³-hybridized carbons (Fsp3) is 0.235. The van der Waals surface area contributed by atoms with Gasteiger partial charge in [0.25, 0.3) is 11.8 Å². The Kier molecular flexibility index (Phi) is 5.71. The van der Waals surface area contributed by atoms with Gasteiger partial charge in [-0.2, -0.15) is 0 Å². The van der Waals surface area contributed by atoms with E-state index in [0.29, 0.717) is 34.9 Å². The van der Waals surface area contributed by atoms with Crippen molar-refractivity contribution in [3.05, 3.63) is 58.9 Å². The lowest BCUT2D eigenvalue weighted by atomic mass is 10.1. The molecule has 1 N–H and O–H groups in total. The number of amides is 2. The number of nitrogens with zero attached hydrogens (tertiary/aromatic N) is 2. The summed E-state index contributed by atoms with van der Waals surface area (Å²) in [5.74, 6) is -0.505. The summed E-state index contributed by atoms with van der Waals surface area (Å²) in [5, 5.41) is 3.16. The molecule has 0 radical (unpaired) electrons. The fourth-order valence-electron chi connectivity index (χ4n) is 2.13. The van der Waals surface area contributed by atoms with E-state index in [1.165, 1.54) is 12.4 Å². The average Bonchev–Trinajstić information content (AvgIpc) is 2.58. The topological polar surface area (TPSA) is 62.3 Å². The number of nitrogens with one attached hydrogen (secondary N) is 1. The van der Waals surface area contributed by atoms with E-state index < -0.39 is 0 Å². The second-order valence-corrected chi connectivity index (χ2v) is 5.28. The van der Waals surface area contributed by atoms with Gasteiger partial charge in [0.15, 0.2) is 0 Å². The smallest absolute Gasteiger partial charge is 0.257 e. The van der Waals surface area contributed by atoms with Crippen LogP contribution in [0.4, 0.5) is 5.69 Å². The van der Waals surface area contributed by atoms with Crippen molar-refractivity contribution >= 4 is 29.1 Å². The minimum Gasteiger partial charge on any atom is -0.339 e. The number of anilines is 1. The van der Waals surface area contributed by atoms with E-state index in [9.17, 15) is 9.59 Å². The highest BCUT2D eigenvalue weighted by Crippen LogP contribution is 2.21. The van der Waals surface area contributed by atoms with E-state index in [1.807, 2.05) is 13.8 Å². The van der Waals surface area contributed by atoms with E-state index in [1.54, 1.807) is 35.2 Å². The first-order valence-corrected chi connectivity index (χ1v) is 7.74. The second-order valence-electron chi connectivity index (χ2n) is 4.87. The van der Waals surface area contributed by atoms with Gasteiger partial charge in [-0.3, -0.25) is 14.6 Å². The van der Waals surface area contributed by atoms with Crippen molar-refractivity contribution < 1.29 is 9.59 Å². The lowest BCUT2D eigenvalue weighted by Crippen LogP contribution is -2.30. The highest BCUT2D eigenvalue weighted by Gasteiger charge is 2.16. The van der Waals surface area contributed by atoms with E-state index in [4.69, 9.17) is 11.6 Å². The van der Waals surface area contributed by atoms with Crippen molar-refractivity contribution in [2.45, 2.75) is 13.8 Å². The minimum atomic E-state index is -0.361. The van der Waals surface area contributed by atoms with Gasteiger partial charge in [0.1, 0.15) is 0 Å². The van der Waals surface area contributed by atoms with Crippen LogP contribution in [-0.4, -0.2) is 34.8 Å². The summed E-state index contributed by atoms with van der Waals surface area (Å²) in [6, 6.07) is 8.50. The minimum absolute atomic E-state index is 0.144. The van der Waals surface area contributed by atoms with Crippen LogP contribution in [0.1, 0.15) is 34.6 Å². The number of para-hydroxylation sites is 1. The first kappa shape index (κ1) is 17.0. The lowest BCUT2D eigenvalue weighted by Gasteiger charge is -2.18. The zero-order valence-corrected chi connectivity index (χ0v) is 13.8. The molecule has 0 aliphatic heterocycles. The molecule has 0 fully saturated rings. The van der Waals surface area contributed by atoms with Gasteiger partial charge >= 0.3 is 0 Å². The van der Waals surface area contributed by atoms with Crippen molar-refractivity contribution in [1.82, 2.24) is 9.88 Å². The number of hydrogen-bond donors (Lipinski definition) is 1. The maximum absolute atomic E-state index is 12.3. The van der Waals surface area contributed by atoms with Crippen LogP contribution in [0.15, 0.2) is 42.7 Å². The highest BCUT2D eigenvalue weighted by atomic mass is 35.5. The van der Waals surface area contributed by atoms with Gasteiger partial charge in [-0.05, 0) is 32.0 Å². The Balaban J connectivity index is 2.21. The number of halogens is 1. The molecule has 5 nitrogen and oxygen atoms in total. The third kappa shape index (κ3) is 4.07. The third-order valence-corrected chi connectivity index (χ3v) is 3.75. The summed E-state index contributed by atoms with van der Waals surface area (Å²) < 4.78 is 0. The standard InChI is InChI=1S/C17H18ClN3O2/c1-3-21(4-2)17(23)13-9-12(10-19-11-13)16(22)20-15-8-6-5-7-14(15)18/h5-11H,3-4H2,1-2H3,(H,20,22). The van der Waals surface area contributed by atoms with E-state index in [2.05, 4.69) is 10.3 Å². The van der Waals surface area contributed by atoms with Gasteiger partial charge in [0.2, 0.25) is 0 Å². The first-order valence-electron chi connectivity index (χ1n) is 7.37.